The van der Waals surface area contributed by atoms with Crippen molar-refractivity contribution in [1.82, 2.24) is 4.98 Å². The Kier molecular flexibility index (Phi) is 2.42. The van der Waals surface area contributed by atoms with Crippen molar-refractivity contribution in [3.8, 4) is 6.07 Å². The molecule has 0 saturated heterocycles. The second-order valence-corrected chi connectivity index (χ2v) is 4.66. The third kappa shape index (κ3) is 1.42. The molecule has 4 nitrogen and oxygen atoms in total. The van der Waals surface area contributed by atoms with Gasteiger partial charge in [0.05, 0.1) is 0 Å². The fourth-order valence-corrected chi connectivity index (χ4v) is 2.74. The summed E-state index contributed by atoms with van der Waals surface area (Å²) in [5.41, 5.74) is 11.7. The summed E-state index contributed by atoms with van der Waals surface area (Å²) in [5.74, 6) is 0.714. The first kappa shape index (κ1) is 11.5. The van der Waals surface area contributed by atoms with Gasteiger partial charge in [0, 0.05) is 5.56 Å². The number of rotatable bonds is 1. The van der Waals surface area contributed by atoms with Crippen LogP contribution in [0.5, 0.6) is 0 Å². The first-order valence-corrected chi connectivity index (χ1v) is 6.32. The van der Waals surface area contributed by atoms with E-state index in [1.165, 1.54) is 0 Å². The molecule has 0 atom stereocenters. The van der Waals surface area contributed by atoms with Crippen LogP contribution in [0, 0.1) is 18.3 Å². The number of benzene rings is 1. The topological polar surface area (TPSA) is 69.7 Å². The lowest BCUT2D eigenvalue weighted by atomic mass is 10.0. The Morgan fingerprint density at radius 1 is 1.37 bits per heavy atom. The molecule has 0 radical (unpaired) electrons. The largest absolute Gasteiger partial charge is 0.318 e. The van der Waals surface area contributed by atoms with E-state index in [0.717, 1.165) is 34.2 Å². The van der Waals surface area contributed by atoms with E-state index in [1.54, 1.807) is 0 Å². The highest BCUT2D eigenvalue weighted by Crippen LogP contribution is 2.23. The van der Waals surface area contributed by atoms with Gasteiger partial charge in [0.2, 0.25) is 11.5 Å². The van der Waals surface area contributed by atoms with Gasteiger partial charge in [0.15, 0.2) is 0 Å². The third-order valence-electron chi connectivity index (χ3n) is 3.70. The summed E-state index contributed by atoms with van der Waals surface area (Å²) in [7, 11) is 0. The molecule has 0 spiro atoms. The Hall–Kier alpha value is -2.54. The van der Waals surface area contributed by atoms with Crippen LogP contribution >= 0.6 is 0 Å². The number of nitrogens with one attached hydrogen (secondary N) is 1. The zero-order valence-electron chi connectivity index (χ0n) is 11.0. The predicted octanol–water partition coefficient (Wildman–Crippen LogP) is 2.23. The second kappa shape index (κ2) is 3.99. The van der Waals surface area contributed by atoms with Gasteiger partial charge < -0.3 is 5.73 Å². The van der Waals surface area contributed by atoms with Crippen molar-refractivity contribution in [2.75, 3.05) is 5.73 Å². The van der Waals surface area contributed by atoms with Crippen molar-refractivity contribution in [2.24, 2.45) is 0 Å². The van der Waals surface area contributed by atoms with E-state index in [4.69, 9.17) is 5.73 Å². The normalized spacial score (nSPS) is 11.0. The van der Waals surface area contributed by atoms with Crippen molar-refractivity contribution < 1.29 is 4.40 Å². The van der Waals surface area contributed by atoms with Gasteiger partial charge in [-0.1, -0.05) is 19.1 Å². The zero-order chi connectivity index (χ0) is 13.6. The number of pyridine rings is 1. The van der Waals surface area contributed by atoms with Crippen LogP contribution in [-0.2, 0) is 6.42 Å². The quantitative estimate of drug-likeness (QED) is 0.651. The fraction of sp³-hybridized carbons (Fsp3) is 0.200. The van der Waals surface area contributed by atoms with Crippen LogP contribution in [-0.4, -0.2) is 4.98 Å². The Labute approximate surface area is 111 Å². The summed E-state index contributed by atoms with van der Waals surface area (Å²) >= 11 is 0. The number of hydrogen-bond acceptors (Lipinski definition) is 2. The van der Waals surface area contributed by atoms with Crippen LogP contribution in [0.1, 0.15) is 23.6 Å². The maximum absolute atomic E-state index is 9.43. The highest BCUT2D eigenvalue weighted by atomic mass is 15.1. The van der Waals surface area contributed by atoms with Gasteiger partial charge in [-0.25, -0.2) is 0 Å². The molecule has 94 valence electrons. The Balaban J connectivity index is 2.65. The van der Waals surface area contributed by atoms with E-state index in [9.17, 15) is 5.26 Å². The molecule has 0 aliphatic carbocycles. The van der Waals surface area contributed by atoms with Crippen LogP contribution in [0.3, 0.4) is 0 Å². The fourth-order valence-electron chi connectivity index (χ4n) is 2.74. The van der Waals surface area contributed by atoms with E-state index in [2.05, 4.69) is 18.0 Å². The molecule has 4 heteroatoms. The minimum atomic E-state index is 0.669. The Bertz CT molecular complexity index is 837. The number of imidazole rings is 1. The van der Waals surface area contributed by atoms with Gasteiger partial charge in [-0.3, -0.25) is 4.98 Å². The van der Waals surface area contributed by atoms with Gasteiger partial charge in [-0.15, -0.1) is 0 Å². The third-order valence-corrected chi connectivity index (χ3v) is 3.70. The van der Waals surface area contributed by atoms with Crippen LogP contribution < -0.4 is 10.1 Å². The van der Waals surface area contributed by atoms with Crippen LogP contribution in [0.2, 0.25) is 0 Å². The van der Waals surface area contributed by atoms with E-state index >= 15 is 0 Å². The molecule has 3 N–H and O–H groups in total. The van der Waals surface area contributed by atoms with Gasteiger partial charge >= 0.3 is 0 Å². The van der Waals surface area contributed by atoms with E-state index in [1.807, 2.05) is 35.6 Å². The molecule has 0 saturated carbocycles. The SMILES string of the molecule is CCc1c(C)c(C#N)c2[nH]c3ccccc3[n+]2c1N. The van der Waals surface area contributed by atoms with Gasteiger partial charge in [-0.05, 0) is 31.0 Å². The molecule has 0 fully saturated rings. The van der Waals surface area contributed by atoms with E-state index in [0.29, 0.717) is 11.4 Å². The predicted molar refractivity (Wildman–Crippen MR) is 74.7 cm³/mol. The monoisotopic (exact) mass is 251 g/mol. The summed E-state index contributed by atoms with van der Waals surface area (Å²) in [6.45, 7) is 4.01. The average Bonchev–Trinajstić information content (AvgIpc) is 2.79. The molecule has 3 rings (SSSR count). The molecule has 0 unspecified atom stereocenters. The molecule has 2 aromatic heterocycles. The number of aromatic nitrogens is 2. The molecular formula is C15H15N4+. The standard InChI is InChI=1S/C15H14N4/c1-3-10-9(2)11(8-16)15-18-12-6-4-5-7-13(12)19(15)14(10)17/h4-7H,3H2,1-2H3,(H2,17,18)/p+1. The van der Waals surface area contributed by atoms with Crippen LogP contribution in [0.25, 0.3) is 16.7 Å². The smallest absolute Gasteiger partial charge is 0.250 e. The number of nitriles is 1. The molecule has 1 aromatic carbocycles. The van der Waals surface area contributed by atoms with Crippen molar-refractivity contribution in [1.29, 1.82) is 5.26 Å². The van der Waals surface area contributed by atoms with Crippen molar-refractivity contribution in [3.63, 3.8) is 0 Å². The number of fused-ring (bicyclic) bond motifs is 3. The van der Waals surface area contributed by atoms with Crippen LogP contribution in [0.15, 0.2) is 24.3 Å². The summed E-state index contributed by atoms with van der Waals surface area (Å²) in [6, 6.07) is 10.2. The minimum absolute atomic E-state index is 0.669. The average molecular weight is 251 g/mol. The minimum Gasteiger partial charge on any atom is -0.318 e. The molecule has 0 aliphatic heterocycles. The number of hydrogen-bond donors (Lipinski definition) is 2. The zero-order valence-corrected chi connectivity index (χ0v) is 11.0. The van der Waals surface area contributed by atoms with E-state index < -0.39 is 0 Å². The second-order valence-electron chi connectivity index (χ2n) is 4.66. The van der Waals surface area contributed by atoms with Crippen molar-refractivity contribution >= 4 is 22.5 Å². The Morgan fingerprint density at radius 3 is 2.79 bits per heavy atom. The summed E-state index contributed by atoms with van der Waals surface area (Å²) in [6.07, 6.45) is 0.814. The molecule has 3 aromatic rings. The molecule has 0 aliphatic rings. The molecule has 19 heavy (non-hydrogen) atoms. The lowest BCUT2D eigenvalue weighted by molar-refractivity contribution is -0.464. The van der Waals surface area contributed by atoms with Crippen LogP contribution in [0.4, 0.5) is 5.82 Å². The number of anilines is 1. The lowest BCUT2D eigenvalue weighted by Gasteiger charge is -2.07. The highest BCUT2D eigenvalue weighted by molar-refractivity contribution is 5.77. The van der Waals surface area contributed by atoms with Crippen molar-refractivity contribution in [3.05, 3.63) is 41.0 Å². The number of nitrogens with zero attached hydrogens (tertiary/aromatic N) is 2. The maximum Gasteiger partial charge on any atom is 0.250 e. The number of nitrogen functional groups attached to an aromatic ring is 1. The maximum atomic E-state index is 9.43. The number of nitrogens with two attached hydrogens (primary N) is 1. The number of H-pyrrole nitrogens is 1. The Morgan fingerprint density at radius 2 is 2.11 bits per heavy atom. The van der Waals surface area contributed by atoms with Crippen molar-refractivity contribution in [2.45, 2.75) is 20.3 Å². The summed E-state index contributed by atoms with van der Waals surface area (Å²) < 4.78 is 1.94. The highest BCUT2D eigenvalue weighted by Gasteiger charge is 2.22. The lowest BCUT2D eigenvalue weighted by Crippen LogP contribution is -2.28. The van der Waals surface area contributed by atoms with Gasteiger partial charge in [0.25, 0.3) is 0 Å². The summed E-state index contributed by atoms with van der Waals surface area (Å²) in [5, 5.41) is 9.43. The number of aromatic amines is 1. The molecule has 0 amide bonds. The van der Waals surface area contributed by atoms with E-state index in [-0.39, 0.29) is 0 Å². The van der Waals surface area contributed by atoms with Gasteiger partial charge in [-0.2, -0.15) is 9.66 Å². The molecule has 2 heterocycles. The first-order chi connectivity index (χ1) is 9.19. The van der Waals surface area contributed by atoms with Gasteiger partial charge in [0.1, 0.15) is 22.7 Å². The number of para-hydroxylation sites is 2. The molecule has 0 bridgehead atoms. The summed E-state index contributed by atoms with van der Waals surface area (Å²) in [4.78, 5) is 3.29. The molecular weight excluding hydrogens is 236 g/mol. The first-order valence-electron chi connectivity index (χ1n) is 6.32.